The minimum absolute atomic E-state index is 0.332. The third-order valence-corrected chi connectivity index (χ3v) is 3.78. The van der Waals surface area contributed by atoms with Crippen LogP contribution >= 0.6 is 0 Å². The van der Waals surface area contributed by atoms with E-state index in [1.165, 1.54) is 21.0 Å². The van der Waals surface area contributed by atoms with Crippen LogP contribution in [0.1, 0.15) is 26.3 Å². The Morgan fingerprint density at radius 3 is 2.40 bits per heavy atom. The van der Waals surface area contributed by atoms with Gasteiger partial charge < -0.3 is 14.8 Å². The lowest BCUT2D eigenvalue weighted by atomic mass is 10.1. The summed E-state index contributed by atoms with van der Waals surface area (Å²) in [7, 11) is 1.44. The number of carbonyl (C=O) groups is 4. The molecule has 1 aliphatic heterocycles. The van der Waals surface area contributed by atoms with E-state index in [1.54, 1.807) is 18.2 Å². The smallest absolute Gasteiger partial charge is 0.418 e. The summed E-state index contributed by atoms with van der Waals surface area (Å²) < 4.78 is 10.1. The van der Waals surface area contributed by atoms with Gasteiger partial charge in [0.2, 0.25) is 0 Å². The van der Waals surface area contributed by atoms with Crippen LogP contribution < -0.4 is 10.1 Å². The summed E-state index contributed by atoms with van der Waals surface area (Å²) in [5.41, 5.74) is -0.238. The van der Waals surface area contributed by atoms with E-state index >= 15 is 0 Å². The normalized spacial score (nSPS) is 17.1. The van der Waals surface area contributed by atoms with Crippen molar-refractivity contribution in [1.29, 1.82) is 0 Å². The number of imide groups is 1. The van der Waals surface area contributed by atoms with Crippen molar-refractivity contribution in [2.24, 2.45) is 0 Å². The monoisotopic (exact) mass is 348 g/mol. The van der Waals surface area contributed by atoms with Gasteiger partial charge in [-0.1, -0.05) is 6.07 Å². The number of cyclic esters (lactones) is 1. The Kier molecular flexibility index (Phi) is 4.82. The number of Topliss-reactive ketones (excluding diaryl/α,β-unsaturated/α-hetero) is 1. The fourth-order valence-corrected chi connectivity index (χ4v) is 2.51. The lowest BCUT2D eigenvalue weighted by molar-refractivity contribution is -0.142. The first-order valence-electron chi connectivity index (χ1n) is 7.61. The molecule has 1 aromatic rings. The Bertz CT molecular complexity index is 756. The van der Waals surface area contributed by atoms with E-state index < -0.39 is 35.3 Å². The van der Waals surface area contributed by atoms with Crippen LogP contribution in [0, 0.1) is 6.92 Å². The summed E-state index contributed by atoms with van der Waals surface area (Å²) in [6.45, 7) is 5.74. The Morgan fingerprint density at radius 2 is 1.92 bits per heavy atom. The number of hydrogen-bond donors (Lipinski definition) is 1. The number of amides is 3. The van der Waals surface area contributed by atoms with E-state index in [0.29, 0.717) is 16.3 Å². The summed E-state index contributed by atoms with van der Waals surface area (Å²) in [5.74, 6) is -1.84. The van der Waals surface area contributed by atoms with Crippen LogP contribution in [0.5, 0.6) is 5.75 Å². The van der Waals surface area contributed by atoms with Crippen LogP contribution in [0.2, 0.25) is 0 Å². The number of ketones is 1. The molecule has 3 amide bonds. The van der Waals surface area contributed by atoms with Crippen molar-refractivity contribution in [3.05, 3.63) is 23.8 Å². The maximum absolute atomic E-state index is 12.6. The summed E-state index contributed by atoms with van der Waals surface area (Å²) >= 11 is 0. The molecule has 2 rings (SSSR count). The van der Waals surface area contributed by atoms with Crippen LogP contribution in [0.15, 0.2) is 18.2 Å². The molecule has 0 bridgehead atoms. The van der Waals surface area contributed by atoms with E-state index in [4.69, 9.17) is 9.47 Å². The average Bonchev–Trinajstić information content (AvgIpc) is 2.69. The maximum Gasteiger partial charge on any atom is 0.418 e. The zero-order chi connectivity index (χ0) is 18.9. The third kappa shape index (κ3) is 3.47. The Morgan fingerprint density at radius 1 is 1.28 bits per heavy atom. The summed E-state index contributed by atoms with van der Waals surface area (Å²) in [6, 6.07) is 3.49. The van der Waals surface area contributed by atoms with E-state index in [0.717, 1.165) is 12.5 Å². The number of rotatable bonds is 5. The highest BCUT2D eigenvalue weighted by atomic mass is 16.6. The molecule has 8 heteroatoms. The van der Waals surface area contributed by atoms with Crippen LogP contribution in [0.3, 0.4) is 0 Å². The molecule has 1 fully saturated rings. The average molecular weight is 348 g/mol. The van der Waals surface area contributed by atoms with Gasteiger partial charge >= 0.3 is 6.09 Å². The van der Waals surface area contributed by atoms with Gasteiger partial charge in [0, 0.05) is 0 Å². The van der Waals surface area contributed by atoms with Crippen molar-refractivity contribution in [3.63, 3.8) is 0 Å². The van der Waals surface area contributed by atoms with Gasteiger partial charge in [0.15, 0.2) is 17.4 Å². The molecule has 1 atom stereocenters. The zero-order valence-electron chi connectivity index (χ0n) is 14.7. The minimum atomic E-state index is -1.62. The number of aryl methyl sites for hydroxylation is 1. The van der Waals surface area contributed by atoms with Gasteiger partial charge in [-0.3, -0.25) is 14.4 Å². The first-order valence-corrected chi connectivity index (χ1v) is 7.61. The molecule has 25 heavy (non-hydrogen) atoms. The molecular formula is C17H20N2O6. The Balaban J connectivity index is 2.34. The van der Waals surface area contributed by atoms with E-state index in [1.807, 2.05) is 6.92 Å². The van der Waals surface area contributed by atoms with Crippen molar-refractivity contribution in [3.8, 4) is 5.75 Å². The topological polar surface area (TPSA) is 102 Å². The molecule has 0 aromatic heterocycles. The molecule has 1 heterocycles. The van der Waals surface area contributed by atoms with E-state index in [9.17, 15) is 19.2 Å². The maximum atomic E-state index is 12.6. The van der Waals surface area contributed by atoms with Gasteiger partial charge in [-0.15, -0.1) is 0 Å². The lowest BCUT2D eigenvalue weighted by Gasteiger charge is -2.22. The van der Waals surface area contributed by atoms with E-state index in [2.05, 4.69) is 5.32 Å². The summed E-state index contributed by atoms with van der Waals surface area (Å²) in [6.07, 6.45) is -1.03. The molecule has 0 radical (unpaired) electrons. The number of benzene rings is 1. The Hall–Kier alpha value is -2.90. The minimum Gasteiger partial charge on any atom is -0.495 e. The number of methoxy groups -OCH3 is 1. The fraction of sp³-hybridized carbons (Fsp3) is 0.412. The van der Waals surface area contributed by atoms with Gasteiger partial charge in [-0.05, 0) is 45.4 Å². The second-order valence-electron chi connectivity index (χ2n) is 6.26. The van der Waals surface area contributed by atoms with Gasteiger partial charge in [0.1, 0.15) is 5.75 Å². The molecule has 1 aliphatic rings. The Labute approximate surface area is 145 Å². The number of nitrogens with zero attached hydrogens (tertiary/aromatic N) is 1. The predicted octanol–water partition coefficient (Wildman–Crippen LogP) is 1.66. The van der Waals surface area contributed by atoms with Crippen molar-refractivity contribution in [1.82, 2.24) is 4.90 Å². The van der Waals surface area contributed by atoms with Gasteiger partial charge in [0.25, 0.3) is 11.8 Å². The van der Waals surface area contributed by atoms with Crippen LogP contribution in [0.4, 0.5) is 10.5 Å². The van der Waals surface area contributed by atoms with Crippen molar-refractivity contribution in [2.45, 2.75) is 39.3 Å². The molecule has 134 valence electrons. The van der Waals surface area contributed by atoms with Gasteiger partial charge in [-0.2, -0.15) is 0 Å². The first kappa shape index (κ1) is 18.4. The molecular weight excluding hydrogens is 328 g/mol. The summed E-state index contributed by atoms with van der Waals surface area (Å²) in [4.78, 5) is 49.5. The molecule has 0 spiro atoms. The fourth-order valence-electron chi connectivity index (χ4n) is 2.51. The second kappa shape index (κ2) is 6.54. The molecule has 8 nitrogen and oxygen atoms in total. The molecule has 0 aliphatic carbocycles. The summed E-state index contributed by atoms with van der Waals surface area (Å²) in [5, 5.41) is 2.54. The third-order valence-electron chi connectivity index (χ3n) is 3.78. The number of ether oxygens (including phenoxy) is 2. The van der Waals surface area contributed by atoms with Crippen molar-refractivity contribution >= 4 is 29.4 Å². The molecule has 0 saturated carbocycles. The largest absolute Gasteiger partial charge is 0.495 e. The number of carbonyl (C=O) groups excluding carboxylic acids is 4. The highest BCUT2D eigenvalue weighted by Crippen LogP contribution is 2.28. The van der Waals surface area contributed by atoms with Crippen LogP contribution in [-0.2, 0) is 19.1 Å². The number of nitrogens with one attached hydrogen (secondary N) is 1. The standard InChI is InChI=1S/C17H20N2O6/c1-9-6-7-12(24-5)11(8-9)18-14(21)13(10(2)20)19-15(22)17(3,4)25-16(19)23/h6-8,13H,1-5H3,(H,18,21). The number of anilines is 1. The second-order valence-corrected chi connectivity index (χ2v) is 6.26. The van der Waals surface area contributed by atoms with Gasteiger partial charge in [0.05, 0.1) is 12.8 Å². The molecule has 1 aromatic carbocycles. The highest BCUT2D eigenvalue weighted by Gasteiger charge is 2.53. The highest BCUT2D eigenvalue weighted by molar-refractivity contribution is 6.17. The van der Waals surface area contributed by atoms with Gasteiger partial charge in [-0.25, -0.2) is 9.69 Å². The molecule has 1 N–H and O–H groups in total. The SMILES string of the molecule is COc1ccc(C)cc1NC(=O)C(C(C)=O)N1C(=O)OC(C)(C)C1=O. The van der Waals surface area contributed by atoms with Crippen LogP contribution in [-0.4, -0.2) is 47.3 Å². The van der Waals surface area contributed by atoms with Crippen molar-refractivity contribution < 1.29 is 28.7 Å². The quantitative estimate of drug-likeness (QED) is 0.812. The van der Waals surface area contributed by atoms with Crippen molar-refractivity contribution in [2.75, 3.05) is 12.4 Å². The molecule has 1 unspecified atom stereocenters. The molecule has 1 saturated heterocycles. The number of hydrogen-bond acceptors (Lipinski definition) is 6. The first-order chi connectivity index (χ1) is 11.6. The van der Waals surface area contributed by atoms with Crippen LogP contribution in [0.25, 0.3) is 0 Å². The lowest BCUT2D eigenvalue weighted by Crippen LogP contribution is -2.52. The predicted molar refractivity (Wildman–Crippen MR) is 88.2 cm³/mol. The van der Waals surface area contributed by atoms with E-state index in [-0.39, 0.29) is 0 Å². The zero-order valence-corrected chi connectivity index (χ0v) is 14.7.